The van der Waals surface area contributed by atoms with Crippen LogP contribution in [0.15, 0.2) is 109 Å². The molecule has 0 radical (unpaired) electrons. The van der Waals surface area contributed by atoms with Gasteiger partial charge < -0.3 is 15.0 Å². The molecule has 2 N–H and O–H groups in total. The van der Waals surface area contributed by atoms with Crippen LogP contribution in [0.25, 0.3) is 0 Å². The summed E-state index contributed by atoms with van der Waals surface area (Å²) in [7, 11) is 0. The van der Waals surface area contributed by atoms with Crippen molar-refractivity contribution in [2.75, 3.05) is 23.4 Å². The summed E-state index contributed by atoms with van der Waals surface area (Å²) in [6.07, 6.45) is 0.767. The maximum Gasteiger partial charge on any atom is 0.260 e. The largest absolute Gasteiger partial charge is 0.493 e. The molecule has 2 amide bonds. The maximum absolute atomic E-state index is 13.4. The van der Waals surface area contributed by atoms with Gasteiger partial charge in [0.05, 0.1) is 17.9 Å². The van der Waals surface area contributed by atoms with Gasteiger partial charge in [0.15, 0.2) is 5.11 Å². The summed E-state index contributed by atoms with van der Waals surface area (Å²) in [4.78, 5) is 27.9. The fraction of sp³-hybridized carbons (Fsp3) is 0.129. The van der Waals surface area contributed by atoms with Gasteiger partial charge in [-0.25, -0.2) is 0 Å². The molecule has 4 aromatic rings. The summed E-state index contributed by atoms with van der Waals surface area (Å²) in [6.45, 7) is 2.92. The first-order valence-electron chi connectivity index (χ1n) is 12.4. The van der Waals surface area contributed by atoms with Crippen LogP contribution in [0, 0.1) is 0 Å². The fourth-order valence-corrected chi connectivity index (χ4v) is 4.17. The second-order valence-electron chi connectivity index (χ2n) is 8.45. The highest BCUT2D eigenvalue weighted by Crippen LogP contribution is 2.22. The van der Waals surface area contributed by atoms with E-state index in [9.17, 15) is 9.59 Å². The van der Waals surface area contributed by atoms with Crippen molar-refractivity contribution in [1.82, 2.24) is 5.32 Å². The molecule has 0 bridgehead atoms. The van der Waals surface area contributed by atoms with Gasteiger partial charge in [0, 0.05) is 24.2 Å². The lowest BCUT2D eigenvalue weighted by atomic mass is 10.1. The Morgan fingerprint density at radius 2 is 1.53 bits per heavy atom. The monoisotopic (exact) mass is 523 g/mol. The van der Waals surface area contributed by atoms with Crippen molar-refractivity contribution < 1.29 is 14.3 Å². The van der Waals surface area contributed by atoms with Crippen LogP contribution in [-0.4, -0.2) is 30.1 Å². The lowest BCUT2D eigenvalue weighted by Gasteiger charge is -2.23. The summed E-state index contributed by atoms with van der Waals surface area (Å²) < 4.78 is 5.84. The molecule has 4 rings (SSSR count). The molecule has 0 spiro atoms. The predicted molar refractivity (Wildman–Crippen MR) is 156 cm³/mol. The quantitative estimate of drug-likeness (QED) is 0.259. The minimum Gasteiger partial charge on any atom is -0.493 e. The highest BCUT2D eigenvalue weighted by atomic mass is 32.1. The number of thiocarbonyl (C=S) groups is 1. The van der Waals surface area contributed by atoms with E-state index in [1.807, 2.05) is 73.7 Å². The second-order valence-corrected chi connectivity index (χ2v) is 8.86. The number of para-hydroxylation sites is 2. The van der Waals surface area contributed by atoms with Gasteiger partial charge in [0.1, 0.15) is 5.75 Å². The first kappa shape index (κ1) is 26.6. The van der Waals surface area contributed by atoms with Crippen molar-refractivity contribution in [1.29, 1.82) is 0 Å². The summed E-state index contributed by atoms with van der Waals surface area (Å²) in [5.41, 5.74) is 3.36. The zero-order valence-electron chi connectivity index (χ0n) is 21.1. The third kappa shape index (κ3) is 7.05. The Morgan fingerprint density at radius 1 is 0.842 bits per heavy atom. The number of nitrogens with one attached hydrogen (secondary N) is 2. The van der Waals surface area contributed by atoms with E-state index in [1.165, 1.54) is 5.56 Å². The van der Waals surface area contributed by atoms with E-state index < -0.39 is 0 Å². The molecule has 38 heavy (non-hydrogen) atoms. The molecule has 0 saturated carbocycles. The van der Waals surface area contributed by atoms with Crippen LogP contribution in [-0.2, 0) is 6.42 Å². The van der Waals surface area contributed by atoms with Gasteiger partial charge in [0.25, 0.3) is 11.8 Å². The maximum atomic E-state index is 13.4. The summed E-state index contributed by atoms with van der Waals surface area (Å²) in [5, 5.41) is 5.80. The Kier molecular flexibility index (Phi) is 9.21. The van der Waals surface area contributed by atoms with Crippen molar-refractivity contribution in [3.8, 4) is 5.75 Å². The number of carbonyl (C=O) groups excluding carboxylic acids is 2. The van der Waals surface area contributed by atoms with Gasteiger partial charge in [-0.2, -0.15) is 0 Å². The molecule has 0 aromatic heterocycles. The fourth-order valence-electron chi connectivity index (χ4n) is 3.96. The van der Waals surface area contributed by atoms with E-state index in [0.717, 1.165) is 12.1 Å². The zero-order valence-corrected chi connectivity index (χ0v) is 21.9. The first-order chi connectivity index (χ1) is 18.5. The predicted octanol–water partition coefficient (Wildman–Crippen LogP) is 6.10. The highest BCUT2D eigenvalue weighted by molar-refractivity contribution is 7.80. The number of ether oxygens (including phenoxy) is 1. The molecule has 0 fully saturated rings. The first-order valence-corrected chi connectivity index (χ1v) is 12.8. The third-order valence-corrected chi connectivity index (χ3v) is 6.06. The third-order valence-electron chi connectivity index (χ3n) is 5.86. The smallest absolute Gasteiger partial charge is 0.260 e. The van der Waals surface area contributed by atoms with E-state index in [-0.39, 0.29) is 16.9 Å². The molecule has 7 heteroatoms. The van der Waals surface area contributed by atoms with Gasteiger partial charge in [-0.05, 0) is 67.2 Å². The molecule has 0 saturated heterocycles. The minimum atomic E-state index is -0.376. The van der Waals surface area contributed by atoms with Crippen LogP contribution in [0.3, 0.4) is 0 Å². The standard InChI is InChI=1S/C31H29N3O3S/c1-2-34(25-15-7-4-8-16-25)30(36)27-18-9-10-19-28(27)32-31(38)33-29(35)24-14-11-17-26(22-24)37-21-20-23-12-5-3-6-13-23/h3-19,22H,2,20-21H2,1H3,(H2,32,33,35,38). The lowest BCUT2D eigenvalue weighted by Crippen LogP contribution is -2.35. The molecule has 192 valence electrons. The van der Waals surface area contributed by atoms with Gasteiger partial charge >= 0.3 is 0 Å². The average molecular weight is 524 g/mol. The number of carbonyl (C=O) groups is 2. The molecule has 0 heterocycles. The van der Waals surface area contributed by atoms with E-state index in [1.54, 1.807) is 47.4 Å². The average Bonchev–Trinajstić information content (AvgIpc) is 2.95. The number of amides is 2. The summed E-state index contributed by atoms with van der Waals surface area (Å²) in [5.74, 6) is 0.0551. The van der Waals surface area contributed by atoms with Gasteiger partial charge in [-0.15, -0.1) is 0 Å². The zero-order chi connectivity index (χ0) is 26.7. The number of anilines is 2. The van der Waals surface area contributed by atoms with Crippen LogP contribution < -0.4 is 20.3 Å². The van der Waals surface area contributed by atoms with E-state index in [0.29, 0.717) is 35.7 Å². The van der Waals surface area contributed by atoms with Crippen molar-refractivity contribution >= 4 is 40.5 Å². The number of nitrogens with zero attached hydrogens (tertiary/aromatic N) is 1. The van der Waals surface area contributed by atoms with Crippen molar-refractivity contribution in [2.45, 2.75) is 13.3 Å². The van der Waals surface area contributed by atoms with Gasteiger partial charge in [-0.1, -0.05) is 66.7 Å². The molecular formula is C31H29N3O3S. The topological polar surface area (TPSA) is 70.7 Å². The van der Waals surface area contributed by atoms with Crippen LogP contribution in [0.5, 0.6) is 5.75 Å². The SMILES string of the molecule is CCN(C(=O)c1ccccc1NC(=S)NC(=O)c1cccc(OCCc2ccccc2)c1)c1ccccc1. The molecule has 6 nitrogen and oxygen atoms in total. The van der Waals surface area contributed by atoms with Gasteiger partial charge in [-0.3, -0.25) is 14.9 Å². The van der Waals surface area contributed by atoms with Crippen LogP contribution in [0.2, 0.25) is 0 Å². The molecule has 0 unspecified atom stereocenters. The Morgan fingerprint density at radius 3 is 2.26 bits per heavy atom. The molecule has 0 aliphatic heterocycles. The number of hydrogen-bond donors (Lipinski definition) is 2. The van der Waals surface area contributed by atoms with Crippen molar-refractivity contribution in [3.05, 3.63) is 126 Å². The van der Waals surface area contributed by atoms with Crippen LogP contribution in [0.1, 0.15) is 33.2 Å². The molecular weight excluding hydrogens is 494 g/mol. The normalized spacial score (nSPS) is 10.3. The minimum absolute atomic E-state index is 0.0911. The van der Waals surface area contributed by atoms with Crippen molar-refractivity contribution in [2.24, 2.45) is 0 Å². The van der Waals surface area contributed by atoms with Gasteiger partial charge in [0.2, 0.25) is 0 Å². The molecule has 4 aromatic carbocycles. The summed E-state index contributed by atoms with van der Waals surface area (Å²) in [6, 6.07) is 33.6. The second kappa shape index (κ2) is 13.2. The Bertz CT molecular complexity index is 1390. The highest BCUT2D eigenvalue weighted by Gasteiger charge is 2.20. The Hall–Kier alpha value is -4.49. The lowest BCUT2D eigenvalue weighted by molar-refractivity contribution is 0.0974. The number of rotatable bonds is 9. The Balaban J connectivity index is 1.38. The molecule has 0 aliphatic carbocycles. The number of benzene rings is 4. The summed E-state index contributed by atoms with van der Waals surface area (Å²) >= 11 is 5.40. The van der Waals surface area contributed by atoms with E-state index >= 15 is 0 Å². The van der Waals surface area contributed by atoms with Crippen LogP contribution >= 0.6 is 12.2 Å². The molecule has 0 atom stereocenters. The van der Waals surface area contributed by atoms with E-state index in [2.05, 4.69) is 10.6 Å². The Labute approximate surface area is 228 Å². The molecule has 0 aliphatic rings. The van der Waals surface area contributed by atoms with Crippen LogP contribution in [0.4, 0.5) is 11.4 Å². The van der Waals surface area contributed by atoms with Crippen molar-refractivity contribution in [3.63, 3.8) is 0 Å². The number of hydrogen-bond acceptors (Lipinski definition) is 4. The van der Waals surface area contributed by atoms with E-state index in [4.69, 9.17) is 17.0 Å².